The zero-order valence-electron chi connectivity index (χ0n) is 13.2. The second-order valence-electron chi connectivity index (χ2n) is 4.60. The van der Waals surface area contributed by atoms with Gasteiger partial charge in [0.05, 0.1) is 13.7 Å². The zero-order chi connectivity index (χ0) is 16.8. The van der Waals surface area contributed by atoms with Crippen molar-refractivity contribution in [1.29, 1.82) is 0 Å². The summed E-state index contributed by atoms with van der Waals surface area (Å²) in [5, 5.41) is -0.0238. The maximum atomic E-state index is 12.1. The lowest BCUT2D eigenvalue weighted by atomic mass is 10.1. The van der Waals surface area contributed by atoms with Crippen molar-refractivity contribution in [2.45, 2.75) is 20.3 Å². The SMILES string of the molecule is CCCSC1=NC(=Cc2cc(OCC)c(OC)cc2Br)C(=O)S1. The largest absolute Gasteiger partial charge is 0.493 e. The predicted molar refractivity (Wildman–Crippen MR) is 103 cm³/mol. The average Bonchev–Trinajstić information content (AvgIpc) is 2.88. The Morgan fingerprint density at radius 1 is 1.35 bits per heavy atom. The van der Waals surface area contributed by atoms with Gasteiger partial charge in [0.25, 0.3) is 0 Å². The molecule has 0 radical (unpaired) electrons. The molecule has 0 amide bonds. The Labute approximate surface area is 153 Å². The molecule has 1 aliphatic heterocycles. The number of nitrogens with zero attached hydrogens (tertiary/aromatic N) is 1. The fraction of sp³-hybridized carbons (Fsp3) is 0.375. The summed E-state index contributed by atoms with van der Waals surface area (Å²) in [6, 6.07) is 3.68. The van der Waals surface area contributed by atoms with Gasteiger partial charge in [0.15, 0.2) is 11.5 Å². The Morgan fingerprint density at radius 2 is 2.13 bits per heavy atom. The molecule has 2 rings (SSSR count). The van der Waals surface area contributed by atoms with E-state index in [-0.39, 0.29) is 5.12 Å². The van der Waals surface area contributed by atoms with E-state index in [2.05, 4.69) is 27.8 Å². The van der Waals surface area contributed by atoms with Gasteiger partial charge in [0.1, 0.15) is 10.1 Å². The third-order valence-corrected chi connectivity index (χ3v) is 5.81. The van der Waals surface area contributed by atoms with E-state index in [9.17, 15) is 4.79 Å². The van der Waals surface area contributed by atoms with E-state index in [0.717, 1.165) is 26.6 Å². The van der Waals surface area contributed by atoms with Crippen molar-refractivity contribution in [3.05, 3.63) is 27.9 Å². The average molecular weight is 416 g/mol. The molecule has 1 aliphatic rings. The minimum absolute atomic E-state index is 0.0238. The van der Waals surface area contributed by atoms with Crippen LogP contribution in [0.5, 0.6) is 11.5 Å². The van der Waals surface area contributed by atoms with Gasteiger partial charge in [0.2, 0.25) is 5.12 Å². The molecule has 0 unspecified atom stereocenters. The summed E-state index contributed by atoms with van der Waals surface area (Å²) < 4.78 is 12.5. The van der Waals surface area contributed by atoms with E-state index in [4.69, 9.17) is 9.47 Å². The highest BCUT2D eigenvalue weighted by atomic mass is 79.9. The van der Waals surface area contributed by atoms with Crippen molar-refractivity contribution in [1.82, 2.24) is 0 Å². The van der Waals surface area contributed by atoms with Crippen LogP contribution in [-0.4, -0.2) is 29.0 Å². The molecule has 0 aromatic heterocycles. The number of hydrogen-bond acceptors (Lipinski definition) is 6. The molecule has 0 saturated carbocycles. The lowest BCUT2D eigenvalue weighted by molar-refractivity contribution is -0.107. The van der Waals surface area contributed by atoms with Crippen LogP contribution >= 0.6 is 39.5 Å². The van der Waals surface area contributed by atoms with Crippen LogP contribution in [0.15, 0.2) is 27.3 Å². The molecule has 1 aromatic carbocycles. The second kappa shape index (κ2) is 8.80. The van der Waals surface area contributed by atoms with E-state index < -0.39 is 0 Å². The van der Waals surface area contributed by atoms with Crippen LogP contribution in [0.25, 0.3) is 6.08 Å². The van der Waals surface area contributed by atoms with Crippen molar-refractivity contribution in [2.24, 2.45) is 4.99 Å². The number of rotatable bonds is 6. The van der Waals surface area contributed by atoms with Crippen LogP contribution in [-0.2, 0) is 4.79 Å². The number of thioether (sulfide) groups is 2. The van der Waals surface area contributed by atoms with Crippen LogP contribution < -0.4 is 9.47 Å². The number of halogens is 1. The number of ether oxygens (including phenoxy) is 2. The number of carbonyl (C=O) groups excluding carboxylic acids is 1. The van der Waals surface area contributed by atoms with E-state index in [1.54, 1.807) is 24.9 Å². The number of hydrogen-bond donors (Lipinski definition) is 0. The molecule has 0 bridgehead atoms. The standard InChI is InChI=1S/C16H18BrNO3S2/c1-4-6-22-16-18-12(15(19)23-16)7-10-8-14(21-5-2)13(20-3)9-11(10)17/h7-9H,4-6H2,1-3H3. The van der Waals surface area contributed by atoms with E-state index in [1.807, 2.05) is 19.1 Å². The van der Waals surface area contributed by atoms with Gasteiger partial charge in [-0.1, -0.05) is 34.6 Å². The third kappa shape index (κ3) is 4.78. The van der Waals surface area contributed by atoms with Crippen LogP contribution in [0.4, 0.5) is 0 Å². The van der Waals surface area contributed by atoms with Crippen LogP contribution in [0.3, 0.4) is 0 Å². The minimum atomic E-state index is -0.0238. The maximum absolute atomic E-state index is 12.1. The van der Waals surface area contributed by atoms with Gasteiger partial charge >= 0.3 is 0 Å². The highest BCUT2D eigenvalue weighted by molar-refractivity contribution is 9.10. The van der Waals surface area contributed by atoms with E-state index in [1.165, 1.54) is 11.8 Å². The van der Waals surface area contributed by atoms with E-state index in [0.29, 0.717) is 23.8 Å². The van der Waals surface area contributed by atoms with Gasteiger partial charge in [-0.15, -0.1) is 0 Å². The first kappa shape index (κ1) is 18.4. The zero-order valence-corrected chi connectivity index (χ0v) is 16.4. The molecule has 23 heavy (non-hydrogen) atoms. The summed E-state index contributed by atoms with van der Waals surface area (Å²) in [5.41, 5.74) is 1.30. The number of methoxy groups -OCH3 is 1. The topological polar surface area (TPSA) is 47.9 Å². The lowest BCUT2D eigenvalue weighted by Crippen LogP contribution is -1.97. The van der Waals surface area contributed by atoms with Crippen molar-refractivity contribution >= 4 is 55.0 Å². The normalized spacial score (nSPS) is 15.9. The molecule has 0 atom stereocenters. The Kier molecular flexibility index (Phi) is 7.05. The van der Waals surface area contributed by atoms with Gasteiger partial charge in [0, 0.05) is 4.47 Å². The summed E-state index contributed by atoms with van der Waals surface area (Å²) in [7, 11) is 1.60. The van der Waals surface area contributed by atoms with Crippen LogP contribution in [0.2, 0.25) is 0 Å². The summed E-state index contributed by atoms with van der Waals surface area (Å²) >= 11 is 6.32. The first-order chi connectivity index (χ1) is 11.1. The van der Waals surface area contributed by atoms with Gasteiger partial charge in [-0.2, -0.15) is 0 Å². The Morgan fingerprint density at radius 3 is 2.78 bits per heavy atom. The monoisotopic (exact) mass is 415 g/mol. The Balaban J connectivity index is 2.32. The number of aliphatic imine (C=N–C) groups is 1. The van der Waals surface area contributed by atoms with Crippen molar-refractivity contribution in [2.75, 3.05) is 19.5 Å². The first-order valence-corrected chi connectivity index (χ1v) is 9.84. The highest BCUT2D eigenvalue weighted by Gasteiger charge is 2.22. The van der Waals surface area contributed by atoms with Gasteiger partial charge in [-0.25, -0.2) is 4.99 Å². The predicted octanol–water partition coefficient (Wildman–Crippen LogP) is 4.97. The van der Waals surface area contributed by atoms with E-state index >= 15 is 0 Å². The molecule has 0 saturated heterocycles. The molecule has 0 spiro atoms. The Hall–Kier alpha value is -0.920. The van der Waals surface area contributed by atoms with Gasteiger partial charge in [-0.3, -0.25) is 4.79 Å². The lowest BCUT2D eigenvalue weighted by Gasteiger charge is -2.11. The maximum Gasteiger partial charge on any atom is 0.244 e. The van der Waals surface area contributed by atoms with Crippen LogP contribution in [0.1, 0.15) is 25.8 Å². The fourth-order valence-corrected chi connectivity index (χ4v) is 4.08. The van der Waals surface area contributed by atoms with Crippen molar-refractivity contribution in [3.63, 3.8) is 0 Å². The number of carbonyl (C=O) groups is 1. The molecule has 7 heteroatoms. The molecular formula is C16H18BrNO3S2. The van der Waals surface area contributed by atoms with Crippen molar-refractivity contribution in [3.8, 4) is 11.5 Å². The quantitative estimate of drug-likeness (QED) is 0.613. The molecule has 0 N–H and O–H groups in total. The first-order valence-electron chi connectivity index (χ1n) is 7.24. The third-order valence-electron chi connectivity index (χ3n) is 2.91. The van der Waals surface area contributed by atoms with Crippen molar-refractivity contribution < 1.29 is 14.3 Å². The summed E-state index contributed by atoms with van der Waals surface area (Å²) in [6.07, 6.45) is 2.83. The minimum Gasteiger partial charge on any atom is -0.493 e. The summed E-state index contributed by atoms with van der Waals surface area (Å²) in [6.45, 7) is 4.56. The fourth-order valence-electron chi connectivity index (χ4n) is 1.88. The molecule has 0 fully saturated rings. The highest BCUT2D eigenvalue weighted by Crippen LogP contribution is 2.37. The smallest absolute Gasteiger partial charge is 0.244 e. The molecule has 124 valence electrons. The molecule has 1 heterocycles. The number of benzene rings is 1. The molecule has 1 aromatic rings. The van der Waals surface area contributed by atoms with Gasteiger partial charge < -0.3 is 9.47 Å². The Bertz CT molecular complexity index is 659. The molecule has 0 aliphatic carbocycles. The molecule has 4 nitrogen and oxygen atoms in total. The second-order valence-corrected chi connectivity index (χ2v) is 7.76. The summed E-state index contributed by atoms with van der Waals surface area (Å²) in [4.78, 5) is 16.5. The summed E-state index contributed by atoms with van der Waals surface area (Å²) in [5.74, 6) is 2.26. The molecular weight excluding hydrogens is 398 g/mol. The van der Waals surface area contributed by atoms with Crippen LogP contribution in [0, 0.1) is 0 Å². The van der Waals surface area contributed by atoms with Gasteiger partial charge in [-0.05, 0) is 54.6 Å².